The van der Waals surface area contributed by atoms with Crippen LogP contribution in [-0.2, 0) is 0 Å². The zero-order valence-corrected chi connectivity index (χ0v) is 23.8. The summed E-state index contributed by atoms with van der Waals surface area (Å²) in [5.74, 6) is 1.84. The minimum atomic E-state index is 0.579. The van der Waals surface area contributed by atoms with E-state index in [2.05, 4.69) is 75.7 Å². The van der Waals surface area contributed by atoms with E-state index < -0.39 is 0 Å². The number of aromatic nitrogens is 5. The Hall–Kier alpha value is -6.27. The molecule has 5 aromatic heterocycles. The Kier molecular flexibility index (Phi) is 4.24. The quantitative estimate of drug-likeness (QED) is 0.210. The van der Waals surface area contributed by atoms with Crippen molar-refractivity contribution < 1.29 is 4.42 Å². The molecule has 0 fully saturated rings. The van der Waals surface area contributed by atoms with Crippen molar-refractivity contribution in [2.24, 2.45) is 0 Å². The zero-order chi connectivity index (χ0) is 29.2. The lowest BCUT2D eigenvalue weighted by molar-refractivity contribution is 0.669. The summed E-state index contributed by atoms with van der Waals surface area (Å²) in [6, 6.07) is 44.0. The summed E-state index contributed by atoms with van der Waals surface area (Å²) >= 11 is 0. The van der Waals surface area contributed by atoms with Crippen molar-refractivity contribution in [3.05, 3.63) is 127 Å². The maximum absolute atomic E-state index is 6.54. The molecule has 0 aliphatic carbocycles. The summed E-state index contributed by atoms with van der Waals surface area (Å²) in [6.45, 7) is 0. The van der Waals surface area contributed by atoms with Gasteiger partial charge >= 0.3 is 0 Å². The minimum Gasteiger partial charge on any atom is -0.456 e. The van der Waals surface area contributed by atoms with Gasteiger partial charge < -0.3 is 8.82 Å². The molecule has 45 heavy (non-hydrogen) atoms. The van der Waals surface area contributed by atoms with Crippen molar-refractivity contribution in [1.29, 1.82) is 0 Å². The van der Waals surface area contributed by atoms with Crippen molar-refractivity contribution in [2.45, 2.75) is 0 Å². The van der Waals surface area contributed by atoms with E-state index in [4.69, 9.17) is 19.4 Å². The number of hydrogen-bond donors (Lipinski definition) is 0. The maximum atomic E-state index is 6.54. The highest BCUT2D eigenvalue weighted by atomic mass is 16.3. The van der Waals surface area contributed by atoms with Crippen LogP contribution in [0.3, 0.4) is 0 Å². The first-order valence-corrected chi connectivity index (χ1v) is 15.1. The van der Waals surface area contributed by atoms with E-state index in [1.54, 1.807) is 0 Å². The first-order chi connectivity index (χ1) is 22.3. The Morgan fingerprint density at radius 2 is 1.04 bits per heavy atom. The van der Waals surface area contributed by atoms with E-state index >= 15 is 0 Å². The molecule has 6 heteroatoms. The highest BCUT2D eigenvalue weighted by molar-refractivity contribution is 6.36. The van der Waals surface area contributed by atoms with Gasteiger partial charge in [0.1, 0.15) is 11.2 Å². The van der Waals surface area contributed by atoms with Crippen LogP contribution >= 0.6 is 0 Å². The molecule has 0 aliphatic rings. The van der Waals surface area contributed by atoms with E-state index in [0.717, 1.165) is 60.4 Å². The molecule has 6 aromatic carbocycles. The molecular weight excluding hydrogens is 554 g/mol. The van der Waals surface area contributed by atoms with Gasteiger partial charge in [-0.05, 0) is 42.5 Å². The average Bonchev–Trinajstić information content (AvgIpc) is 3.73. The largest absolute Gasteiger partial charge is 0.456 e. The van der Waals surface area contributed by atoms with Crippen LogP contribution in [0.5, 0.6) is 0 Å². The van der Waals surface area contributed by atoms with Crippen molar-refractivity contribution >= 4 is 71.1 Å². The molecule has 5 heterocycles. The molecule has 0 spiro atoms. The van der Waals surface area contributed by atoms with Gasteiger partial charge in [-0.3, -0.25) is 4.57 Å². The smallest absolute Gasteiger partial charge is 0.238 e. The van der Waals surface area contributed by atoms with E-state index in [0.29, 0.717) is 17.6 Å². The second kappa shape index (κ2) is 8.21. The second-order valence-corrected chi connectivity index (χ2v) is 11.6. The molecule has 0 N–H and O–H groups in total. The molecule has 0 aliphatic heterocycles. The third-order valence-electron chi connectivity index (χ3n) is 9.29. The van der Waals surface area contributed by atoms with Gasteiger partial charge in [-0.2, -0.15) is 9.97 Å². The molecule has 0 unspecified atom stereocenters. The van der Waals surface area contributed by atoms with Gasteiger partial charge in [0.15, 0.2) is 11.6 Å². The fourth-order valence-electron chi connectivity index (χ4n) is 7.48. The third kappa shape index (κ3) is 2.91. The minimum absolute atomic E-state index is 0.579. The normalized spacial score (nSPS) is 12.4. The highest BCUT2D eigenvalue weighted by Gasteiger charge is 2.27. The number of furan rings is 1. The number of benzene rings is 6. The first-order valence-electron chi connectivity index (χ1n) is 15.1. The van der Waals surface area contributed by atoms with Crippen LogP contribution < -0.4 is 0 Å². The lowest BCUT2D eigenvalue weighted by atomic mass is 10.0. The predicted molar refractivity (Wildman–Crippen MR) is 181 cm³/mol. The van der Waals surface area contributed by atoms with Crippen molar-refractivity contribution in [3.8, 4) is 28.7 Å². The highest BCUT2D eigenvalue weighted by Crippen LogP contribution is 2.48. The Morgan fingerprint density at radius 1 is 0.422 bits per heavy atom. The molecule has 11 rings (SSSR count). The molecule has 208 valence electrons. The molecule has 0 amide bonds. The van der Waals surface area contributed by atoms with Crippen LogP contribution in [-0.4, -0.2) is 23.9 Å². The summed E-state index contributed by atoms with van der Waals surface area (Å²) in [6.07, 6.45) is 0. The van der Waals surface area contributed by atoms with Gasteiger partial charge in [0.25, 0.3) is 0 Å². The lowest BCUT2D eigenvalue weighted by Gasteiger charge is -2.11. The van der Waals surface area contributed by atoms with Gasteiger partial charge in [-0.25, -0.2) is 4.98 Å². The molecule has 0 saturated heterocycles. The average molecular weight is 576 g/mol. The summed E-state index contributed by atoms with van der Waals surface area (Å²) in [5, 5.41) is 7.04. The van der Waals surface area contributed by atoms with Gasteiger partial charge in [-0.1, -0.05) is 84.9 Å². The van der Waals surface area contributed by atoms with Crippen LogP contribution in [0.1, 0.15) is 0 Å². The second-order valence-electron chi connectivity index (χ2n) is 11.6. The molecular formula is C39H21N5O. The lowest BCUT2D eigenvalue weighted by Crippen LogP contribution is -2.06. The topological polar surface area (TPSA) is 61.2 Å². The maximum Gasteiger partial charge on any atom is 0.238 e. The standard InChI is InChI=1S/C39H21N5O/c1-3-10-22(11-4-1)37-40-38(23-12-5-2-6-13-23)42-39(41-37)44-28-17-9-16-27-32(28)33-29(44)19-21-30-34(33)35-31(45-30)20-18-25-24-14-7-8-15-26(24)43(27)36(25)35/h1-21H. The summed E-state index contributed by atoms with van der Waals surface area (Å²) in [7, 11) is 0. The van der Waals surface area contributed by atoms with Crippen molar-refractivity contribution in [3.63, 3.8) is 0 Å². The number of nitrogens with zero attached hydrogens (tertiary/aromatic N) is 5. The Labute approximate surface area is 255 Å². The molecule has 6 nitrogen and oxygen atoms in total. The number of hydrogen-bond acceptors (Lipinski definition) is 4. The summed E-state index contributed by atoms with van der Waals surface area (Å²) in [5.41, 5.74) is 9.21. The SMILES string of the molecule is c1ccc(-c2nc(-c3ccccc3)nc(-n3c4ccc5oc6ccc7c8ccccc8n8c9cccc3c9c4c5c6c78)n2)cc1. The zero-order valence-electron chi connectivity index (χ0n) is 23.8. The Bertz CT molecular complexity index is 2860. The number of para-hydroxylation sites is 1. The third-order valence-corrected chi connectivity index (χ3v) is 9.29. The molecule has 11 aromatic rings. The fraction of sp³-hybridized carbons (Fsp3) is 0. The van der Waals surface area contributed by atoms with Crippen LogP contribution in [0.2, 0.25) is 0 Å². The first kappa shape index (κ1) is 23.2. The van der Waals surface area contributed by atoms with Crippen LogP contribution in [0, 0.1) is 0 Å². The van der Waals surface area contributed by atoms with E-state index in [1.165, 1.54) is 21.8 Å². The summed E-state index contributed by atoms with van der Waals surface area (Å²) < 4.78 is 11.2. The van der Waals surface area contributed by atoms with E-state index in [1.807, 2.05) is 60.7 Å². The van der Waals surface area contributed by atoms with Crippen molar-refractivity contribution in [1.82, 2.24) is 23.9 Å². The van der Waals surface area contributed by atoms with Gasteiger partial charge in [-0.15, -0.1) is 0 Å². The number of fused-ring (bicyclic) bond motifs is 4. The van der Waals surface area contributed by atoms with E-state index in [-0.39, 0.29) is 0 Å². The van der Waals surface area contributed by atoms with Crippen molar-refractivity contribution in [2.75, 3.05) is 0 Å². The summed E-state index contributed by atoms with van der Waals surface area (Å²) in [4.78, 5) is 15.2. The monoisotopic (exact) mass is 575 g/mol. The molecule has 0 bridgehead atoms. The molecule has 0 radical (unpaired) electrons. The Morgan fingerprint density at radius 3 is 1.82 bits per heavy atom. The fourth-order valence-corrected chi connectivity index (χ4v) is 7.48. The van der Waals surface area contributed by atoms with Crippen LogP contribution in [0.25, 0.3) is 99.8 Å². The predicted octanol–water partition coefficient (Wildman–Crippen LogP) is 9.64. The van der Waals surface area contributed by atoms with Crippen LogP contribution in [0.4, 0.5) is 0 Å². The van der Waals surface area contributed by atoms with Gasteiger partial charge in [0, 0.05) is 38.1 Å². The van der Waals surface area contributed by atoms with Gasteiger partial charge in [0.05, 0.1) is 33.0 Å². The molecule has 0 saturated carbocycles. The van der Waals surface area contributed by atoms with E-state index in [9.17, 15) is 0 Å². The number of rotatable bonds is 3. The van der Waals surface area contributed by atoms with Crippen LogP contribution in [0.15, 0.2) is 132 Å². The van der Waals surface area contributed by atoms with Gasteiger partial charge in [0.2, 0.25) is 5.95 Å². The Balaban J connectivity index is 1.36. The molecule has 0 atom stereocenters.